The lowest BCUT2D eigenvalue weighted by Gasteiger charge is -2.40. The van der Waals surface area contributed by atoms with Gasteiger partial charge in [-0.2, -0.15) is 0 Å². The molecule has 1 atom stereocenters. The molecule has 162 valence electrons. The van der Waals surface area contributed by atoms with Crippen molar-refractivity contribution in [2.75, 3.05) is 32.1 Å². The summed E-state index contributed by atoms with van der Waals surface area (Å²) in [4.78, 5) is 19.0. The molecule has 0 saturated carbocycles. The smallest absolute Gasteiger partial charge is 0.303 e. The van der Waals surface area contributed by atoms with Crippen LogP contribution in [0.1, 0.15) is 37.8 Å². The van der Waals surface area contributed by atoms with Crippen LogP contribution in [0.3, 0.4) is 0 Å². The van der Waals surface area contributed by atoms with Crippen molar-refractivity contribution in [3.05, 3.63) is 46.1 Å². The predicted molar refractivity (Wildman–Crippen MR) is 128 cm³/mol. The molecular weight excluding hydrogens is 402 g/mol. The number of aliphatic carboxylic acids is 1. The van der Waals surface area contributed by atoms with Crippen LogP contribution in [0.5, 0.6) is 0 Å². The summed E-state index contributed by atoms with van der Waals surface area (Å²) in [5.74, 6) is -0.698. The van der Waals surface area contributed by atoms with Crippen molar-refractivity contribution in [1.29, 1.82) is 0 Å². The fourth-order valence-corrected chi connectivity index (χ4v) is 11.4. The van der Waals surface area contributed by atoms with E-state index in [2.05, 4.69) is 61.7 Å². The molecule has 1 unspecified atom stereocenters. The van der Waals surface area contributed by atoms with E-state index in [1.165, 1.54) is 32.5 Å². The van der Waals surface area contributed by atoms with E-state index in [-0.39, 0.29) is 6.42 Å². The molecule has 0 amide bonds. The maximum absolute atomic E-state index is 11.4. The molecule has 0 fully saturated rings. The topological polar surface area (TPSA) is 55.9 Å². The molecule has 3 aliphatic heterocycles. The van der Waals surface area contributed by atoms with Gasteiger partial charge in [-0.05, 0) is 58.6 Å². The van der Waals surface area contributed by atoms with Gasteiger partial charge in [-0.25, -0.2) is 9.57 Å². The Kier molecular flexibility index (Phi) is 4.81. The molecule has 3 heterocycles. The number of carboxylic acids is 1. The van der Waals surface area contributed by atoms with Crippen LogP contribution >= 0.6 is 0 Å². The van der Waals surface area contributed by atoms with Gasteiger partial charge in [0.25, 0.3) is 0 Å². The second-order valence-electron chi connectivity index (χ2n) is 9.82. The number of anilines is 1. The first-order valence-electron chi connectivity index (χ1n) is 11.5. The number of likely N-dealkylation sites (N-methyl/N-ethyl adjacent to an activating group) is 2. The number of benzene rings is 2. The molecule has 5 nitrogen and oxygen atoms in total. The third-order valence-corrected chi connectivity index (χ3v) is 13.6. The van der Waals surface area contributed by atoms with Crippen LogP contribution in [0.4, 0.5) is 11.4 Å². The van der Waals surface area contributed by atoms with Gasteiger partial charge in [0, 0.05) is 43.8 Å². The van der Waals surface area contributed by atoms with Crippen molar-refractivity contribution in [1.82, 2.24) is 4.58 Å². The molecule has 0 bridgehead atoms. The van der Waals surface area contributed by atoms with Crippen LogP contribution in [-0.2, 0) is 17.6 Å². The lowest BCUT2D eigenvalue weighted by molar-refractivity contribution is -0.137. The van der Waals surface area contributed by atoms with Crippen LogP contribution in [0, 0.1) is 0 Å². The minimum atomic E-state index is -2.22. The quantitative estimate of drug-likeness (QED) is 0.573. The van der Waals surface area contributed by atoms with E-state index in [1.807, 2.05) is 0 Å². The summed E-state index contributed by atoms with van der Waals surface area (Å²) < 4.78 is 2.36. The molecule has 5 rings (SSSR count). The van der Waals surface area contributed by atoms with E-state index in [0.29, 0.717) is 5.54 Å². The predicted octanol–water partition coefficient (Wildman–Crippen LogP) is 1.46. The summed E-state index contributed by atoms with van der Waals surface area (Å²) in [6, 6.07) is 10.5. The Labute approximate surface area is 184 Å². The number of carboxylic acid groups (broad SMARTS) is 1. The van der Waals surface area contributed by atoms with Crippen molar-refractivity contribution in [3.8, 4) is 0 Å². The van der Waals surface area contributed by atoms with Crippen LogP contribution in [0.2, 0.25) is 11.6 Å². The Bertz CT molecular complexity index is 1220. The minimum Gasteiger partial charge on any atom is -0.481 e. The Balaban J connectivity index is 1.81. The highest BCUT2D eigenvalue weighted by atomic mass is 28.3. The zero-order valence-corrected chi connectivity index (χ0v) is 20.0. The summed E-state index contributed by atoms with van der Waals surface area (Å²) >= 11 is 0. The van der Waals surface area contributed by atoms with Gasteiger partial charge in [0.2, 0.25) is 5.36 Å². The first kappa shape index (κ1) is 20.4. The van der Waals surface area contributed by atoms with Gasteiger partial charge in [-0.15, -0.1) is 0 Å². The SMILES string of the molecule is CC(C)[Si]1(CCCC(=O)O)c2cc3c(cc2N=c2cc4c(cc21)=[N+](C)CC4)CCN3C. The molecule has 3 aliphatic rings. The van der Waals surface area contributed by atoms with Crippen molar-refractivity contribution < 1.29 is 9.90 Å². The standard InChI is InChI=1S/C25H31N3O2Si/c1-16(2)31(11-5-6-25(29)30)23-14-21-17(7-9-27(21)3)12-19(23)26-20-13-18-8-10-28(4)22(18)15-24(20)31/h12-16H,5-11H2,1-4H3/p+1. The highest BCUT2D eigenvalue weighted by Crippen LogP contribution is 2.36. The number of hydrogen-bond donors (Lipinski definition) is 1. The Hall–Kier alpha value is -2.47. The highest BCUT2D eigenvalue weighted by molar-refractivity contribution is 7.04. The van der Waals surface area contributed by atoms with E-state index in [1.54, 1.807) is 0 Å². The van der Waals surface area contributed by atoms with Gasteiger partial charge < -0.3 is 10.0 Å². The van der Waals surface area contributed by atoms with Crippen molar-refractivity contribution >= 4 is 35.8 Å². The Morgan fingerprint density at radius 1 is 1.19 bits per heavy atom. The zero-order valence-electron chi connectivity index (χ0n) is 19.0. The summed E-state index contributed by atoms with van der Waals surface area (Å²) in [6.45, 7) is 6.80. The summed E-state index contributed by atoms with van der Waals surface area (Å²) in [5, 5.41) is 14.7. The van der Waals surface area contributed by atoms with Gasteiger partial charge >= 0.3 is 5.97 Å². The van der Waals surface area contributed by atoms with Gasteiger partial charge in [0.1, 0.15) is 21.7 Å². The molecule has 2 aromatic rings. The van der Waals surface area contributed by atoms with Crippen LogP contribution < -0.4 is 30.6 Å². The number of carbonyl (C=O) groups is 1. The van der Waals surface area contributed by atoms with Crippen molar-refractivity contribution in [2.24, 2.45) is 4.99 Å². The summed E-state index contributed by atoms with van der Waals surface area (Å²) in [7, 11) is 2.13. The average molecular weight is 435 g/mol. The molecule has 6 heteroatoms. The van der Waals surface area contributed by atoms with Crippen LogP contribution in [0.25, 0.3) is 0 Å². The molecule has 31 heavy (non-hydrogen) atoms. The second kappa shape index (κ2) is 7.30. The fourth-order valence-electron chi connectivity index (χ4n) is 6.04. The molecule has 0 radical (unpaired) electrons. The Morgan fingerprint density at radius 2 is 2.00 bits per heavy atom. The highest BCUT2D eigenvalue weighted by Gasteiger charge is 2.46. The van der Waals surface area contributed by atoms with E-state index in [0.717, 1.165) is 49.4 Å². The molecule has 2 aromatic carbocycles. The summed E-state index contributed by atoms with van der Waals surface area (Å²) in [5.41, 5.74) is 5.73. The molecule has 1 N–H and O–H groups in total. The normalized spacial score (nSPS) is 20.9. The second-order valence-corrected chi connectivity index (χ2v) is 14.5. The van der Waals surface area contributed by atoms with Gasteiger partial charge in [-0.3, -0.25) is 4.79 Å². The monoisotopic (exact) mass is 434 g/mol. The molecular formula is C25H32N3O2Si+. The van der Waals surface area contributed by atoms with Gasteiger partial charge in [-0.1, -0.05) is 13.8 Å². The van der Waals surface area contributed by atoms with E-state index < -0.39 is 14.0 Å². The maximum Gasteiger partial charge on any atom is 0.303 e. The van der Waals surface area contributed by atoms with Gasteiger partial charge in [0.05, 0.1) is 11.0 Å². The largest absolute Gasteiger partial charge is 0.481 e. The first-order chi connectivity index (χ1) is 14.8. The lowest BCUT2D eigenvalue weighted by atomic mass is 10.1. The zero-order chi connectivity index (χ0) is 21.9. The third kappa shape index (κ3) is 3.06. The molecule has 0 aromatic heterocycles. The van der Waals surface area contributed by atoms with E-state index in [4.69, 9.17) is 4.99 Å². The van der Waals surface area contributed by atoms with Crippen molar-refractivity contribution in [3.63, 3.8) is 0 Å². The van der Waals surface area contributed by atoms with Crippen molar-refractivity contribution in [2.45, 2.75) is 51.1 Å². The fraction of sp³-hybridized carbons (Fsp3) is 0.480. The molecule has 0 spiro atoms. The molecule has 0 aliphatic carbocycles. The average Bonchev–Trinajstić information content (AvgIpc) is 3.26. The van der Waals surface area contributed by atoms with Gasteiger partial charge in [0.15, 0.2) is 0 Å². The number of rotatable bonds is 5. The summed E-state index contributed by atoms with van der Waals surface area (Å²) in [6.07, 6.45) is 3.11. The Morgan fingerprint density at radius 3 is 2.74 bits per heavy atom. The van der Waals surface area contributed by atoms with Crippen LogP contribution in [0.15, 0.2) is 29.3 Å². The van der Waals surface area contributed by atoms with E-state index in [9.17, 15) is 9.90 Å². The molecule has 0 saturated heterocycles. The minimum absolute atomic E-state index is 0.235. The lowest BCUT2D eigenvalue weighted by Crippen LogP contribution is -2.67. The van der Waals surface area contributed by atoms with E-state index >= 15 is 0 Å². The number of nitrogens with zero attached hydrogens (tertiary/aromatic N) is 3. The van der Waals surface area contributed by atoms with Crippen LogP contribution in [-0.4, -0.2) is 46.3 Å². The number of hydrogen-bond acceptors (Lipinski definition) is 3. The first-order valence-corrected chi connectivity index (χ1v) is 13.8. The third-order valence-electron chi connectivity index (χ3n) is 7.80. The maximum atomic E-state index is 11.4. The number of fused-ring (bicyclic) bond motifs is 4.